The summed E-state index contributed by atoms with van der Waals surface area (Å²) in [6, 6.07) is 9.64. The number of benzene rings is 1. The Labute approximate surface area is 198 Å². The molecule has 2 aliphatic heterocycles. The van der Waals surface area contributed by atoms with Gasteiger partial charge in [0.2, 0.25) is 5.91 Å². The lowest BCUT2D eigenvalue weighted by molar-refractivity contribution is -0.277. The highest BCUT2D eigenvalue weighted by Gasteiger charge is 2.44. The average Bonchev–Trinajstić information content (AvgIpc) is 2.80. The van der Waals surface area contributed by atoms with Crippen molar-refractivity contribution in [3.8, 4) is 0 Å². The maximum atomic E-state index is 13.2. The molecular weight excluding hydrogens is 418 g/mol. The van der Waals surface area contributed by atoms with E-state index in [2.05, 4.69) is 19.1 Å². The third-order valence-electron chi connectivity index (χ3n) is 7.51. The normalized spacial score (nSPS) is 29.8. The van der Waals surface area contributed by atoms with Crippen molar-refractivity contribution in [3.63, 3.8) is 0 Å². The highest BCUT2D eigenvalue weighted by molar-refractivity contribution is 5.85. The molecular formula is C27H41NO5. The van der Waals surface area contributed by atoms with Crippen molar-refractivity contribution in [2.24, 2.45) is 11.8 Å². The molecule has 1 N–H and O–H groups in total. The quantitative estimate of drug-likeness (QED) is 0.580. The molecule has 0 saturated carbocycles. The number of likely N-dealkylation sites (tertiary alicyclic amines) is 1. The fourth-order valence-corrected chi connectivity index (χ4v) is 5.16. The van der Waals surface area contributed by atoms with E-state index in [9.17, 15) is 14.7 Å². The SMILES string of the molecule is CCC(Cc1ccccc1)C(C)OC(=O)C1CCCCN1C(=O)CC1(O)OC(C)CCC1C. The number of ether oxygens (including phenoxy) is 2. The van der Waals surface area contributed by atoms with Gasteiger partial charge in [-0.05, 0) is 70.3 Å². The molecule has 0 bridgehead atoms. The molecule has 2 saturated heterocycles. The Bertz CT molecular complexity index is 784. The van der Waals surface area contributed by atoms with E-state index in [1.54, 1.807) is 4.90 Å². The van der Waals surface area contributed by atoms with Gasteiger partial charge in [0.25, 0.3) is 0 Å². The number of carbonyl (C=O) groups excluding carboxylic acids is 2. The van der Waals surface area contributed by atoms with E-state index in [-0.39, 0.29) is 42.3 Å². The number of hydrogen-bond donors (Lipinski definition) is 1. The van der Waals surface area contributed by atoms with E-state index in [1.807, 2.05) is 39.0 Å². The highest BCUT2D eigenvalue weighted by atomic mass is 16.6. The Morgan fingerprint density at radius 1 is 1.18 bits per heavy atom. The summed E-state index contributed by atoms with van der Waals surface area (Å²) >= 11 is 0. The van der Waals surface area contributed by atoms with Crippen LogP contribution in [0.1, 0.15) is 78.2 Å². The first kappa shape index (κ1) is 25.7. The summed E-state index contributed by atoms with van der Waals surface area (Å²) in [6.07, 6.45) is 5.31. The molecule has 2 heterocycles. The molecule has 184 valence electrons. The predicted octanol–water partition coefficient (Wildman–Crippen LogP) is 4.48. The Balaban J connectivity index is 1.63. The first-order valence-electron chi connectivity index (χ1n) is 12.7. The topological polar surface area (TPSA) is 76.1 Å². The Morgan fingerprint density at radius 2 is 1.91 bits per heavy atom. The van der Waals surface area contributed by atoms with Crippen LogP contribution in [0.25, 0.3) is 0 Å². The lowest BCUT2D eigenvalue weighted by Crippen LogP contribution is -2.54. The second kappa shape index (κ2) is 11.5. The van der Waals surface area contributed by atoms with Crippen molar-refractivity contribution >= 4 is 11.9 Å². The highest BCUT2D eigenvalue weighted by Crippen LogP contribution is 2.35. The maximum Gasteiger partial charge on any atom is 0.329 e. The van der Waals surface area contributed by atoms with Crippen LogP contribution in [0.15, 0.2) is 30.3 Å². The lowest BCUT2D eigenvalue weighted by Gasteiger charge is -2.42. The molecule has 33 heavy (non-hydrogen) atoms. The predicted molar refractivity (Wildman–Crippen MR) is 127 cm³/mol. The number of esters is 1. The van der Waals surface area contributed by atoms with Crippen molar-refractivity contribution in [2.75, 3.05) is 6.54 Å². The fourth-order valence-electron chi connectivity index (χ4n) is 5.16. The molecule has 2 aliphatic rings. The summed E-state index contributed by atoms with van der Waals surface area (Å²) in [5.74, 6) is -1.96. The first-order valence-corrected chi connectivity index (χ1v) is 12.7. The van der Waals surface area contributed by atoms with Gasteiger partial charge in [-0.2, -0.15) is 0 Å². The number of hydrogen-bond acceptors (Lipinski definition) is 5. The van der Waals surface area contributed by atoms with Gasteiger partial charge < -0.3 is 19.5 Å². The smallest absolute Gasteiger partial charge is 0.329 e. The number of amides is 1. The molecule has 1 aromatic carbocycles. The van der Waals surface area contributed by atoms with Gasteiger partial charge in [-0.15, -0.1) is 0 Å². The minimum Gasteiger partial charge on any atom is -0.461 e. The molecule has 6 nitrogen and oxygen atoms in total. The molecule has 6 unspecified atom stereocenters. The Morgan fingerprint density at radius 3 is 2.61 bits per heavy atom. The zero-order valence-corrected chi connectivity index (χ0v) is 20.7. The van der Waals surface area contributed by atoms with E-state index in [1.165, 1.54) is 5.56 Å². The van der Waals surface area contributed by atoms with Crippen LogP contribution in [0.5, 0.6) is 0 Å². The number of aliphatic hydroxyl groups is 1. The van der Waals surface area contributed by atoms with Gasteiger partial charge in [-0.1, -0.05) is 44.2 Å². The molecule has 6 heteroatoms. The van der Waals surface area contributed by atoms with Gasteiger partial charge in [-0.3, -0.25) is 4.79 Å². The summed E-state index contributed by atoms with van der Waals surface area (Å²) in [7, 11) is 0. The summed E-state index contributed by atoms with van der Waals surface area (Å²) in [5.41, 5.74) is 1.23. The zero-order chi connectivity index (χ0) is 24.0. The van der Waals surface area contributed by atoms with E-state index in [0.29, 0.717) is 13.0 Å². The van der Waals surface area contributed by atoms with Gasteiger partial charge in [0.15, 0.2) is 5.79 Å². The largest absolute Gasteiger partial charge is 0.461 e. The summed E-state index contributed by atoms with van der Waals surface area (Å²) in [6.45, 7) is 8.41. The van der Waals surface area contributed by atoms with Gasteiger partial charge >= 0.3 is 5.97 Å². The van der Waals surface area contributed by atoms with Crippen LogP contribution in [0.3, 0.4) is 0 Å². The summed E-state index contributed by atoms with van der Waals surface area (Å²) in [4.78, 5) is 28.0. The average molecular weight is 460 g/mol. The van der Waals surface area contributed by atoms with Crippen molar-refractivity contribution in [1.29, 1.82) is 0 Å². The third kappa shape index (κ3) is 6.57. The minimum absolute atomic E-state index is 0.0856. The molecule has 1 aromatic rings. The summed E-state index contributed by atoms with van der Waals surface area (Å²) in [5, 5.41) is 11.0. The van der Waals surface area contributed by atoms with Crippen LogP contribution in [0.4, 0.5) is 0 Å². The minimum atomic E-state index is -1.48. The number of piperidine rings is 1. The first-order chi connectivity index (χ1) is 15.7. The van der Waals surface area contributed by atoms with Crippen molar-refractivity contribution in [3.05, 3.63) is 35.9 Å². The van der Waals surface area contributed by atoms with Gasteiger partial charge in [-0.25, -0.2) is 4.79 Å². The molecule has 6 atom stereocenters. The van der Waals surface area contributed by atoms with Crippen LogP contribution < -0.4 is 0 Å². The van der Waals surface area contributed by atoms with Crippen LogP contribution >= 0.6 is 0 Å². The van der Waals surface area contributed by atoms with Gasteiger partial charge in [0.05, 0.1) is 12.5 Å². The van der Waals surface area contributed by atoms with Crippen LogP contribution in [0, 0.1) is 11.8 Å². The third-order valence-corrected chi connectivity index (χ3v) is 7.51. The second-order valence-electron chi connectivity index (χ2n) is 10.0. The van der Waals surface area contributed by atoms with Gasteiger partial charge in [0, 0.05) is 12.5 Å². The van der Waals surface area contributed by atoms with E-state index in [0.717, 1.165) is 38.5 Å². The second-order valence-corrected chi connectivity index (χ2v) is 10.0. The molecule has 2 fully saturated rings. The van der Waals surface area contributed by atoms with E-state index >= 15 is 0 Å². The fraction of sp³-hybridized carbons (Fsp3) is 0.704. The summed E-state index contributed by atoms with van der Waals surface area (Å²) < 4.78 is 11.7. The molecule has 0 aromatic heterocycles. The van der Waals surface area contributed by atoms with Crippen molar-refractivity contribution in [2.45, 2.75) is 103 Å². The Hall–Kier alpha value is -1.92. The van der Waals surface area contributed by atoms with Crippen LogP contribution in [-0.2, 0) is 25.5 Å². The maximum absolute atomic E-state index is 13.2. The number of nitrogens with zero attached hydrogens (tertiary/aromatic N) is 1. The number of carbonyl (C=O) groups is 2. The monoisotopic (exact) mass is 459 g/mol. The lowest BCUT2D eigenvalue weighted by atomic mass is 9.87. The van der Waals surface area contributed by atoms with Gasteiger partial charge in [0.1, 0.15) is 12.1 Å². The van der Waals surface area contributed by atoms with Crippen molar-refractivity contribution < 1.29 is 24.2 Å². The molecule has 3 rings (SSSR count). The van der Waals surface area contributed by atoms with Crippen LogP contribution in [0.2, 0.25) is 0 Å². The number of rotatable bonds is 8. The van der Waals surface area contributed by atoms with Crippen LogP contribution in [-0.4, -0.2) is 52.5 Å². The van der Waals surface area contributed by atoms with Crippen molar-refractivity contribution in [1.82, 2.24) is 4.90 Å². The molecule has 0 radical (unpaired) electrons. The standard InChI is InChI=1S/C27H41NO5/c1-5-23(17-22-11-7-6-8-12-22)21(4)32-26(30)24-13-9-10-16-28(24)25(29)18-27(31)19(2)14-15-20(3)33-27/h6-8,11-12,19-21,23-24,31H,5,9-10,13-18H2,1-4H3. The molecule has 1 amide bonds. The van der Waals surface area contributed by atoms with E-state index in [4.69, 9.17) is 9.47 Å². The van der Waals surface area contributed by atoms with E-state index < -0.39 is 11.8 Å². The Kier molecular flexibility index (Phi) is 8.94. The molecule has 0 aliphatic carbocycles. The molecule has 0 spiro atoms. The zero-order valence-electron chi connectivity index (χ0n) is 20.7.